The van der Waals surface area contributed by atoms with Gasteiger partial charge in [0.1, 0.15) is 0 Å². The molecule has 0 heterocycles. The fourth-order valence-corrected chi connectivity index (χ4v) is 13.5. The van der Waals surface area contributed by atoms with Crippen LogP contribution in [-0.4, -0.2) is 16.1 Å². The maximum Gasteiger partial charge on any atom is 0.176 e. The molecule has 0 aromatic heterocycles. The first-order valence-electron chi connectivity index (χ1n) is 13.0. The third-order valence-electron chi connectivity index (χ3n) is 8.32. The van der Waals surface area contributed by atoms with E-state index < -0.39 is 16.1 Å². The van der Waals surface area contributed by atoms with Crippen molar-refractivity contribution in [2.75, 3.05) is 0 Å². The van der Waals surface area contributed by atoms with Crippen LogP contribution in [0.3, 0.4) is 0 Å². The fraction of sp³-hybridized carbons (Fsp3) is 0.333. The summed E-state index contributed by atoms with van der Waals surface area (Å²) in [6.07, 6.45) is 0. The molecule has 0 nitrogen and oxygen atoms in total. The van der Waals surface area contributed by atoms with Crippen molar-refractivity contribution < 1.29 is 0 Å². The highest BCUT2D eigenvalue weighted by molar-refractivity contribution is 7.16. The maximum atomic E-state index is 2.62. The highest BCUT2D eigenvalue weighted by Crippen LogP contribution is 2.41. The van der Waals surface area contributed by atoms with Crippen molar-refractivity contribution in [3.05, 3.63) is 105 Å². The smallest absolute Gasteiger partial charge is 0.0656 e. The van der Waals surface area contributed by atoms with Crippen LogP contribution < -0.4 is 20.7 Å². The van der Waals surface area contributed by atoms with Gasteiger partial charge in [0.25, 0.3) is 0 Å². The van der Waals surface area contributed by atoms with Crippen LogP contribution in [-0.2, 0) is 0 Å². The van der Waals surface area contributed by atoms with Crippen molar-refractivity contribution >= 4 is 36.9 Å². The van der Waals surface area contributed by atoms with E-state index in [4.69, 9.17) is 0 Å². The van der Waals surface area contributed by atoms with Crippen LogP contribution in [0.25, 0.3) is 0 Å². The average molecular weight is 495 g/mol. The molecule has 0 fully saturated rings. The minimum absolute atomic E-state index is 0.443. The van der Waals surface area contributed by atoms with E-state index in [1.165, 1.54) is 43.8 Å². The van der Waals surface area contributed by atoms with Crippen LogP contribution >= 0.6 is 0 Å². The lowest BCUT2D eigenvalue weighted by molar-refractivity contribution is 0.851. The van der Waals surface area contributed by atoms with E-state index in [0.717, 1.165) is 0 Å². The molecular weight excluding hydrogens is 453 g/mol. The Hall–Kier alpha value is -2.43. The van der Waals surface area contributed by atoms with Gasteiger partial charge in [0.2, 0.25) is 0 Å². The van der Waals surface area contributed by atoms with Gasteiger partial charge in [0.05, 0.1) is 8.07 Å². The molecule has 1 aliphatic carbocycles. The van der Waals surface area contributed by atoms with Gasteiger partial charge < -0.3 is 0 Å². The third-order valence-corrected chi connectivity index (χ3v) is 15.5. The molecule has 0 aliphatic heterocycles. The number of hydrogen-bond donors (Lipinski definition) is 0. The van der Waals surface area contributed by atoms with Crippen molar-refractivity contribution in [1.82, 2.24) is 0 Å². The molecule has 1 unspecified atom stereocenters. The Morgan fingerprint density at radius 1 is 0.543 bits per heavy atom. The summed E-state index contributed by atoms with van der Waals surface area (Å²) < 4.78 is 0. The van der Waals surface area contributed by atoms with Crippen LogP contribution in [0.2, 0.25) is 19.6 Å². The van der Waals surface area contributed by atoms with E-state index in [-0.39, 0.29) is 0 Å². The molecule has 0 amide bonds. The van der Waals surface area contributed by atoms with Gasteiger partial charge in [0, 0.05) is 0 Å². The first-order chi connectivity index (χ1) is 16.4. The molecule has 0 N–H and O–H groups in total. The Morgan fingerprint density at radius 3 is 1.46 bits per heavy atom. The van der Waals surface area contributed by atoms with Crippen LogP contribution in [0, 0.1) is 26.7 Å². The van der Waals surface area contributed by atoms with Gasteiger partial charge in [-0.3, -0.25) is 0 Å². The molecule has 0 saturated heterocycles. The molecule has 3 aromatic carbocycles. The molecule has 0 spiro atoms. The molecular formula is C33H42Si2. The standard InChI is InChI=1S/C33H42Si2/c1-22-13-11-15-29(17-22)35(30-16-12-14-23(2)18-30,33-27(6)25(4)26(5)28(33)7)32-20-24(3)19-31(21-32)34(8,9)10/h11-21,27H,1-10H3. The molecule has 1 aliphatic rings. The summed E-state index contributed by atoms with van der Waals surface area (Å²) in [4.78, 5) is 0. The van der Waals surface area contributed by atoms with E-state index in [0.29, 0.717) is 5.92 Å². The zero-order valence-electron chi connectivity index (χ0n) is 23.4. The Kier molecular flexibility index (Phi) is 6.76. The summed E-state index contributed by atoms with van der Waals surface area (Å²) in [6, 6.07) is 26.5. The molecule has 0 radical (unpaired) electrons. The SMILES string of the molecule is CC1=C(C)C(C)C([Si](c2cccc(C)c2)(c2cccc(C)c2)c2cc(C)cc([Si](C)(C)C)c2)=C1C. The summed E-state index contributed by atoms with van der Waals surface area (Å²) in [5.41, 5.74) is 8.62. The molecule has 0 saturated carbocycles. The van der Waals surface area contributed by atoms with E-state index in [1.54, 1.807) is 15.6 Å². The monoisotopic (exact) mass is 494 g/mol. The predicted octanol–water partition coefficient (Wildman–Crippen LogP) is 6.47. The van der Waals surface area contributed by atoms with Gasteiger partial charge in [0.15, 0.2) is 8.07 Å². The normalized spacial score (nSPS) is 16.9. The zero-order chi connectivity index (χ0) is 25.7. The maximum absolute atomic E-state index is 2.62. The highest BCUT2D eigenvalue weighted by Gasteiger charge is 2.48. The number of rotatable bonds is 5. The summed E-state index contributed by atoms with van der Waals surface area (Å²) in [7, 11) is -4.05. The van der Waals surface area contributed by atoms with Crippen LogP contribution in [0.15, 0.2) is 88.6 Å². The summed E-state index contributed by atoms with van der Waals surface area (Å²) in [6.45, 7) is 23.8. The Morgan fingerprint density at radius 2 is 1.03 bits per heavy atom. The molecule has 4 rings (SSSR count). The van der Waals surface area contributed by atoms with Gasteiger partial charge in [-0.05, 0) is 68.6 Å². The first kappa shape index (κ1) is 25.7. The van der Waals surface area contributed by atoms with Gasteiger partial charge in [-0.2, -0.15) is 0 Å². The van der Waals surface area contributed by atoms with E-state index in [9.17, 15) is 0 Å². The highest BCUT2D eigenvalue weighted by atomic mass is 28.3. The van der Waals surface area contributed by atoms with Gasteiger partial charge in [-0.1, -0.05) is 132 Å². The fourth-order valence-electron chi connectivity index (χ4n) is 6.13. The molecule has 1 atom stereocenters. The number of aryl methyl sites for hydroxylation is 3. The summed E-state index contributed by atoms with van der Waals surface area (Å²) in [5, 5.41) is 7.82. The molecule has 3 aromatic rings. The minimum atomic E-state index is -2.54. The number of benzene rings is 3. The van der Waals surface area contributed by atoms with Gasteiger partial charge >= 0.3 is 0 Å². The second-order valence-corrected chi connectivity index (χ2v) is 20.7. The van der Waals surface area contributed by atoms with Crippen molar-refractivity contribution in [1.29, 1.82) is 0 Å². The molecule has 182 valence electrons. The third kappa shape index (κ3) is 4.36. The Labute approximate surface area is 215 Å². The quantitative estimate of drug-likeness (QED) is 0.282. The van der Waals surface area contributed by atoms with Crippen molar-refractivity contribution in [2.45, 2.75) is 68.1 Å². The van der Waals surface area contributed by atoms with Gasteiger partial charge in [-0.25, -0.2) is 0 Å². The lowest BCUT2D eigenvalue weighted by atomic mass is 10.1. The zero-order valence-corrected chi connectivity index (χ0v) is 25.4. The summed E-state index contributed by atoms with van der Waals surface area (Å²) in [5.74, 6) is 0.443. The van der Waals surface area contributed by atoms with E-state index >= 15 is 0 Å². The number of allylic oxidation sites excluding steroid dienone is 4. The van der Waals surface area contributed by atoms with E-state index in [2.05, 4.69) is 135 Å². The van der Waals surface area contributed by atoms with Crippen LogP contribution in [0.4, 0.5) is 0 Å². The lowest BCUT2D eigenvalue weighted by Crippen LogP contribution is -2.70. The van der Waals surface area contributed by atoms with Gasteiger partial charge in [-0.15, -0.1) is 0 Å². The van der Waals surface area contributed by atoms with Crippen LogP contribution in [0.1, 0.15) is 44.4 Å². The largest absolute Gasteiger partial charge is 0.176 e. The first-order valence-corrected chi connectivity index (χ1v) is 18.5. The average Bonchev–Trinajstić information content (AvgIpc) is 2.97. The molecule has 2 heteroatoms. The predicted molar refractivity (Wildman–Crippen MR) is 161 cm³/mol. The lowest BCUT2D eigenvalue weighted by Gasteiger charge is -2.39. The Bertz CT molecular complexity index is 1300. The second kappa shape index (κ2) is 9.22. The van der Waals surface area contributed by atoms with Crippen molar-refractivity contribution in [3.8, 4) is 0 Å². The second-order valence-electron chi connectivity index (χ2n) is 11.9. The van der Waals surface area contributed by atoms with Crippen LogP contribution in [0.5, 0.6) is 0 Å². The molecule has 0 bridgehead atoms. The summed E-state index contributed by atoms with van der Waals surface area (Å²) >= 11 is 0. The van der Waals surface area contributed by atoms with Crippen molar-refractivity contribution in [3.63, 3.8) is 0 Å². The Balaban J connectivity index is 2.25. The van der Waals surface area contributed by atoms with Crippen molar-refractivity contribution in [2.24, 2.45) is 5.92 Å². The minimum Gasteiger partial charge on any atom is -0.0656 e. The topological polar surface area (TPSA) is 0 Å². The van der Waals surface area contributed by atoms with E-state index in [1.807, 2.05) is 0 Å². The number of hydrogen-bond acceptors (Lipinski definition) is 0. The molecule has 35 heavy (non-hydrogen) atoms.